The van der Waals surface area contributed by atoms with Crippen molar-refractivity contribution in [3.05, 3.63) is 139 Å². The second kappa shape index (κ2) is 9.01. The standard InChI is InChI=1S/C36H29N/c1-24-21-29(22-27-9-2-3-11-30(24)27)36-33-14-6-4-12-31(33)35(32-13-5-7-15-34(32)36)26-18-16-25(17-19-26)28-10-8-20-37-23-28/h2-20,22-24,29-30H,21H2,1H3. The molecule has 37 heavy (non-hydrogen) atoms. The van der Waals surface area contributed by atoms with Crippen LogP contribution in [-0.4, -0.2) is 4.98 Å². The maximum absolute atomic E-state index is 4.30. The Kier molecular flexibility index (Phi) is 5.36. The van der Waals surface area contributed by atoms with E-state index in [4.69, 9.17) is 0 Å². The van der Waals surface area contributed by atoms with E-state index >= 15 is 0 Å². The van der Waals surface area contributed by atoms with E-state index in [0.717, 1.165) is 5.56 Å². The molecular weight excluding hydrogens is 446 g/mol. The van der Waals surface area contributed by atoms with Gasteiger partial charge >= 0.3 is 0 Å². The molecule has 178 valence electrons. The van der Waals surface area contributed by atoms with E-state index in [2.05, 4.69) is 121 Å². The average Bonchev–Trinajstić information content (AvgIpc) is 2.96. The second-order valence-electron chi connectivity index (χ2n) is 10.5. The van der Waals surface area contributed by atoms with Crippen molar-refractivity contribution >= 4 is 21.5 Å². The summed E-state index contributed by atoms with van der Waals surface area (Å²) in [6.45, 7) is 2.41. The smallest absolute Gasteiger partial charge is 0.0346 e. The van der Waals surface area contributed by atoms with Crippen molar-refractivity contribution in [2.75, 3.05) is 0 Å². The third-order valence-corrected chi connectivity index (χ3v) is 8.25. The number of rotatable bonds is 3. The van der Waals surface area contributed by atoms with Crippen LogP contribution < -0.4 is 0 Å². The van der Waals surface area contributed by atoms with Crippen LogP contribution in [0.1, 0.15) is 24.8 Å². The fraction of sp³-hybridized carbons (Fsp3) is 0.139. The summed E-state index contributed by atoms with van der Waals surface area (Å²) < 4.78 is 0. The number of nitrogens with zero attached hydrogens (tertiary/aromatic N) is 1. The van der Waals surface area contributed by atoms with Gasteiger partial charge in [0.1, 0.15) is 0 Å². The van der Waals surface area contributed by atoms with E-state index in [-0.39, 0.29) is 0 Å². The zero-order chi connectivity index (χ0) is 24.8. The van der Waals surface area contributed by atoms with Crippen molar-refractivity contribution < 1.29 is 0 Å². The van der Waals surface area contributed by atoms with E-state index in [1.54, 1.807) is 0 Å². The number of pyridine rings is 1. The summed E-state index contributed by atoms with van der Waals surface area (Å²) in [6, 6.07) is 31.1. The second-order valence-corrected chi connectivity index (χ2v) is 10.5. The zero-order valence-corrected chi connectivity index (χ0v) is 21.0. The average molecular weight is 476 g/mol. The topological polar surface area (TPSA) is 12.9 Å². The Labute approximate surface area is 218 Å². The normalized spacial score (nSPS) is 20.7. The molecule has 1 nitrogen and oxygen atoms in total. The minimum atomic E-state index is 0.397. The molecule has 1 aromatic heterocycles. The Morgan fingerprint density at radius 3 is 2.03 bits per heavy atom. The summed E-state index contributed by atoms with van der Waals surface area (Å²) in [4.78, 5) is 4.30. The maximum atomic E-state index is 4.30. The Hall–Kier alpha value is -4.23. The minimum absolute atomic E-state index is 0.397. The lowest BCUT2D eigenvalue weighted by atomic mass is 9.70. The number of allylic oxidation sites excluding steroid dienone is 6. The van der Waals surface area contributed by atoms with E-state index in [1.165, 1.54) is 55.8 Å². The molecule has 0 aliphatic heterocycles. The first kappa shape index (κ1) is 22.0. The van der Waals surface area contributed by atoms with Crippen LogP contribution in [0.3, 0.4) is 0 Å². The molecule has 3 unspecified atom stereocenters. The van der Waals surface area contributed by atoms with Crippen LogP contribution in [0.25, 0.3) is 43.8 Å². The number of fused-ring (bicyclic) bond motifs is 3. The van der Waals surface area contributed by atoms with Gasteiger partial charge in [0, 0.05) is 24.2 Å². The van der Waals surface area contributed by atoms with Crippen molar-refractivity contribution in [2.45, 2.75) is 19.3 Å². The summed E-state index contributed by atoms with van der Waals surface area (Å²) in [5.41, 5.74) is 7.85. The van der Waals surface area contributed by atoms with Gasteiger partial charge < -0.3 is 0 Å². The largest absolute Gasteiger partial charge is 0.264 e. The Balaban J connectivity index is 1.45. The van der Waals surface area contributed by atoms with E-state index in [0.29, 0.717) is 17.8 Å². The monoisotopic (exact) mass is 475 g/mol. The molecule has 0 N–H and O–H groups in total. The van der Waals surface area contributed by atoms with Gasteiger partial charge in [0.2, 0.25) is 0 Å². The molecule has 0 spiro atoms. The molecule has 2 aliphatic carbocycles. The molecule has 3 atom stereocenters. The minimum Gasteiger partial charge on any atom is -0.264 e. The van der Waals surface area contributed by atoms with E-state index in [1.807, 2.05) is 18.5 Å². The van der Waals surface area contributed by atoms with Gasteiger partial charge in [-0.05, 0) is 73.3 Å². The molecule has 4 aromatic carbocycles. The molecule has 0 saturated carbocycles. The summed E-state index contributed by atoms with van der Waals surface area (Å²) >= 11 is 0. The lowest BCUT2D eigenvalue weighted by Crippen LogP contribution is -2.21. The highest BCUT2D eigenvalue weighted by molar-refractivity contribution is 6.15. The van der Waals surface area contributed by atoms with Gasteiger partial charge in [-0.3, -0.25) is 4.98 Å². The van der Waals surface area contributed by atoms with Crippen molar-refractivity contribution in [3.63, 3.8) is 0 Å². The molecule has 5 aromatic rings. The summed E-state index contributed by atoms with van der Waals surface area (Å²) in [6.07, 6.45) is 16.5. The number of benzene rings is 4. The maximum Gasteiger partial charge on any atom is 0.0346 e. The van der Waals surface area contributed by atoms with E-state index in [9.17, 15) is 0 Å². The molecule has 2 aliphatic rings. The van der Waals surface area contributed by atoms with Gasteiger partial charge in [-0.1, -0.05) is 116 Å². The highest BCUT2D eigenvalue weighted by atomic mass is 14.6. The first-order valence-corrected chi connectivity index (χ1v) is 13.3. The van der Waals surface area contributed by atoms with Gasteiger partial charge in [0.05, 0.1) is 0 Å². The Morgan fingerprint density at radius 2 is 1.35 bits per heavy atom. The molecule has 1 heterocycles. The van der Waals surface area contributed by atoms with Crippen LogP contribution >= 0.6 is 0 Å². The quantitative estimate of drug-likeness (QED) is 0.237. The zero-order valence-electron chi connectivity index (χ0n) is 21.0. The first-order chi connectivity index (χ1) is 18.3. The van der Waals surface area contributed by atoms with Gasteiger partial charge in [-0.25, -0.2) is 0 Å². The fourth-order valence-corrected chi connectivity index (χ4v) is 6.54. The van der Waals surface area contributed by atoms with Crippen molar-refractivity contribution in [3.8, 4) is 22.3 Å². The van der Waals surface area contributed by atoms with Gasteiger partial charge in [0.25, 0.3) is 0 Å². The van der Waals surface area contributed by atoms with Gasteiger partial charge in [0.15, 0.2) is 0 Å². The lowest BCUT2D eigenvalue weighted by molar-refractivity contribution is 0.407. The van der Waals surface area contributed by atoms with Crippen molar-refractivity contribution in [1.29, 1.82) is 0 Å². The summed E-state index contributed by atoms with van der Waals surface area (Å²) in [5, 5.41) is 5.40. The number of aromatic nitrogens is 1. The van der Waals surface area contributed by atoms with Gasteiger partial charge in [-0.15, -0.1) is 0 Å². The van der Waals surface area contributed by atoms with Crippen LogP contribution in [0.15, 0.2) is 133 Å². The molecule has 7 rings (SSSR count). The van der Waals surface area contributed by atoms with Crippen molar-refractivity contribution in [1.82, 2.24) is 4.98 Å². The van der Waals surface area contributed by atoms with Crippen LogP contribution in [0.5, 0.6) is 0 Å². The lowest BCUT2D eigenvalue weighted by Gasteiger charge is -2.34. The Bertz CT molecular complexity index is 1650. The number of hydrogen-bond donors (Lipinski definition) is 0. The van der Waals surface area contributed by atoms with Crippen LogP contribution in [-0.2, 0) is 0 Å². The predicted molar refractivity (Wildman–Crippen MR) is 156 cm³/mol. The molecular formula is C36H29N. The third kappa shape index (κ3) is 3.74. The predicted octanol–water partition coefficient (Wildman–Crippen LogP) is 9.51. The SMILES string of the molecule is CC1CC(c2c3ccccc3c(-c3ccc(-c4cccnc4)cc3)c3ccccc23)C=C2C=CC=CC21. The van der Waals surface area contributed by atoms with Gasteiger partial charge in [-0.2, -0.15) is 0 Å². The molecule has 1 heteroatoms. The van der Waals surface area contributed by atoms with Crippen LogP contribution in [0, 0.1) is 11.8 Å². The highest BCUT2D eigenvalue weighted by Gasteiger charge is 2.30. The summed E-state index contributed by atoms with van der Waals surface area (Å²) in [5.74, 6) is 1.55. The molecule has 0 radical (unpaired) electrons. The van der Waals surface area contributed by atoms with Crippen molar-refractivity contribution in [2.24, 2.45) is 11.8 Å². The van der Waals surface area contributed by atoms with Crippen LogP contribution in [0.2, 0.25) is 0 Å². The van der Waals surface area contributed by atoms with Crippen LogP contribution in [0.4, 0.5) is 0 Å². The number of hydrogen-bond acceptors (Lipinski definition) is 1. The third-order valence-electron chi connectivity index (χ3n) is 8.25. The first-order valence-electron chi connectivity index (χ1n) is 13.3. The molecule has 0 fully saturated rings. The Morgan fingerprint density at radius 1 is 0.676 bits per heavy atom. The fourth-order valence-electron chi connectivity index (χ4n) is 6.54. The summed E-state index contributed by atoms with van der Waals surface area (Å²) in [7, 11) is 0. The molecule has 0 amide bonds. The molecule has 0 saturated heterocycles. The molecule has 0 bridgehead atoms. The highest BCUT2D eigenvalue weighted by Crippen LogP contribution is 2.47. The van der Waals surface area contributed by atoms with E-state index < -0.39 is 0 Å².